The Morgan fingerprint density at radius 2 is 2.15 bits per heavy atom. The first-order chi connectivity index (χ1) is 9.60. The van der Waals surface area contributed by atoms with Crippen LogP contribution in [-0.4, -0.2) is 22.9 Å². The van der Waals surface area contributed by atoms with Crippen molar-refractivity contribution in [3.05, 3.63) is 53.4 Å². The van der Waals surface area contributed by atoms with Crippen molar-refractivity contribution in [2.75, 3.05) is 7.05 Å². The molecular weight excluding hydrogens is 260 g/mol. The second-order valence-corrected chi connectivity index (χ2v) is 4.96. The maximum absolute atomic E-state index is 13.6. The van der Waals surface area contributed by atoms with Crippen molar-refractivity contribution in [2.24, 2.45) is 7.05 Å². The van der Waals surface area contributed by atoms with Crippen LogP contribution >= 0.6 is 0 Å². The van der Waals surface area contributed by atoms with Crippen LogP contribution in [0.5, 0.6) is 0 Å². The number of likely N-dealkylation sites (N-methyl/N-ethyl adjacent to an activating group) is 1. The quantitative estimate of drug-likeness (QED) is 0.880. The van der Waals surface area contributed by atoms with Gasteiger partial charge in [-0.1, -0.05) is 12.1 Å². The lowest BCUT2D eigenvalue weighted by atomic mass is 10.00. The summed E-state index contributed by atoms with van der Waals surface area (Å²) in [5.74, 6) is -1.53. The maximum atomic E-state index is 13.6. The third kappa shape index (κ3) is 3.63. The second kappa shape index (κ2) is 6.61. The van der Waals surface area contributed by atoms with Gasteiger partial charge in [0.25, 0.3) is 0 Å². The van der Waals surface area contributed by atoms with Gasteiger partial charge in [-0.2, -0.15) is 5.10 Å². The van der Waals surface area contributed by atoms with Crippen LogP contribution in [0, 0.1) is 11.6 Å². The molecule has 1 N–H and O–H groups in total. The third-order valence-electron chi connectivity index (χ3n) is 3.45. The average Bonchev–Trinajstić information content (AvgIpc) is 2.85. The van der Waals surface area contributed by atoms with Crippen LogP contribution in [0.1, 0.15) is 17.5 Å². The fraction of sp³-hybridized carbons (Fsp3) is 0.400. The molecule has 2 aromatic rings. The highest BCUT2D eigenvalue weighted by atomic mass is 19.2. The Kier molecular flexibility index (Phi) is 4.84. The number of rotatable bonds is 6. The molecule has 0 aliphatic rings. The molecule has 0 amide bonds. The SMILES string of the molecule is CNC(CCc1cnn(C)c1)Cc1cccc(F)c1F. The first kappa shape index (κ1) is 14.7. The lowest BCUT2D eigenvalue weighted by Crippen LogP contribution is -2.28. The van der Waals surface area contributed by atoms with E-state index < -0.39 is 11.6 Å². The summed E-state index contributed by atoms with van der Waals surface area (Å²) in [6.07, 6.45) is 5.97. The van der Waals surface area contributed by atoms with Crippen LogP contribution < -0.4 is 5.32 Å². The third-order valence-corrected chi connectivity index (χ3v) is 3.45. The van der Waals surface area contributed by atoms with Gasteiger partial charge in [0.2, 0.25) is 0 Å². The highest BCUT2D eigenvalue weighted by Gasteiger charge is 2.13. The molecule has 1 aromatic carbocycles. The van der Waals surface area contributed by atoms with E-state index >= 15 is 0 Å². The van der Waals surface area contributed by atoms with Gasteiger partial charge < -0.3 is 5.32 Å². The van der Waals surface area contributed by atoms with E-state index in [0.717, 1.165) is 24.5 Å². The van der Waals surface area contributed by atoms with Crippen LogP contribution in [0.25, 0.3) is 0 Å². The van der Waals surface area contributed by atoms with E-state index in [0.29, 0.717) is 12.0 Å². The molecule has 0 aliphatic heterocycles. The van der Waals surface area contributed by atoms with E-state index in [1.165, 1.54) is 0 Å². The van der Waals surface area contributed by atoms with Gasteiger partial charge in [-0.05, 0) is 43.5 Å². The molecule has 2 rings (SSSR count). The van der Waals surface area contributed by atoms with Gasteiger partial charge in [0.05, 0.1) is 6.20 Å². The summed E-state index contributed by atoms with van der Waals surface area (Å²) in [4.78, 5) is 0. The van der Waals surface area contributed by atoms with Crippen molar-refractivity contribution in [1.29, 1.82) is 0 Å². The summed E-state index contributed by atoms with van der Waals surface area (Å²) < 4.78 is 28.6. The zero-order chi connectivity index (χ0) is 14.5. The Labute approximate surface area is 117 Å². The van der Waals surface area contributed by atoms with Crippen molar-refractivity contribution in [3.63, 3.8) is 0 Å². The van der Waals surface area contributed by atoms with E-state index in [1.807, 2.05) is 26.5 Å². The van der Waals surface area contributed by atoms with E-state index in [2.05, 4.69) is 10.4 Å². The zero-order valence-corrected chi connectivity index (χ0v) is 11.7. The summed E-state index contributed by atoms with van der Waals surface area (Å²) in [5.41, 5.74) is 1.56. The van der Waals surface area contributed by atoms with Crippen LogP contribution in [0.15, 0.2) is 30.6 Å². The highest BCUT2D eigenvalue weighted by Crippen LogP contribution is 2.15. The molecule has 1 unspecified atom stereocenters. The molecular formula is C15H19F2N3. The normalized spacial score (nSPS) is 12.6. The van der Waals surface area contributed by atoms with Gasteiger partial charge in [0.1, 0.15) is 0 Å². The predicted octanol–water partition coefficient (Wildman–Crippen LogP) is 2.46. The molecule has 0 radical (unpaired) electrons. The molecule has 0 spiro atoms. The molecule has 5 heteroatoms. The molecule has 3 nitrogen and oxygen atoms in total. The number of hydrogen-bond donors (Lipinski definition) is 1. The Balaban J connectivity index is 1.96. The number of aryl methyl sites for hydroxylation is 2. The minimum absolute atomic E-state index is 0.103. The number of benzene rings is 1. The van der Waals surface area contributed by atoms with Crippen LogP contribution in [-0.2, 0) is 19.9 Å². The molecule has 0 fully saturated rings. The monoisotopic (exact) mass is 279 g/mol. The van der Waals surface area contributed by atoms with Crippen molar-refractivity contribution < 1.29 is 8.78 Å². The number of aromatic nitrogens is 2. The summed E-state index contributed by atoms with van der Waals surface area (Å²) >= 11 is 0. The molecule has 0 saturated carbocycles. The smallest absolute Gasteiger partial charge is 0.162 e. The van der Waals surface area contributed by atoms with Gasteiger partial charge in [-0.3, -0.25) is 4.68 Å². The van der Waals surface area contributed by atoms with Crippen molar-refractivity contribution >= 4 is 0 Å². The number of hydrogen-bond acceptors (Lipinski definition) is 2. The summed E-state index contributed by atoms with van der Waals surface area (Å²) in [5, 5.41) is 7.27. The zero-order valence-electron chi connectivity index (χ0n) is 11.7. The summed E-state index contributed by atoms with van der Waals surface area (Å²) in [6.45, 7) is 0. The fourth-order valence-electron chi connectivity index (χ4n) is 2.26. The minimum atomic E-state index is -0.787. The first-order valence-electron chi connectivity index (χ1n) is 6.68. The molecule has 0 saturated heterocycles. The molecule has 0 bridgehead atoms. The Hall–Kier alpha value is -1.75. The predicted molar refractivity (Wildman–Crippen MR) is 74.4 cm³/mol. The average molecular weight is 279 g/mol. The topological polar surface area (TPSA) is 29.9 Å². The first-order valence-corrected chi connectivity index (χ1v) is 6.68. The van der Waals surface area contributed by atoms with E-state index in [9.17, 15) is 8.78 Å². The Morgan fingerprint density at radius 3 is 2.80 bits per heavy atom. The van der Waals surface area contributed by atoms with Gasteiger partial charge in [0, 0.05) is 19.3 Å². The molecule has 20 heavy (non-hydrogen) atoms. The van der Waals surface area contributed by atoms with E-state index in [4.69, 9.17) is 0 Å². The van der Waals surface area contributed by atoms with Gasteiger partial charge in [-0.15, -0.1) is 0 Å². The van der Waals surface area contributed by atoms with Crippen molar-refractivity contribution in [3.8, 4) is 0 Å². The summed E-state index contributed by atoms with van der Waals surface area (Å²) in [6, 6.07) is 4.42. The fourth-order valence-corrected chi connectivity index (χ4v) is 2.26. The molecule has 108 valence electrons. The number of nitrogens with zero attached hydrogens (tertiary/aromatic N) is 2. The highest BCUT2D eigenvalue weighted by molar-refractivity contribution is 5.20. The molecule has 1 heterocycles. The Morgan fingerprint density at radius 1 is 1.35 bits per heavy atom. The standard InChI is InChI=1S/C15H19F2N3/c1-18-13(7-6-11-9-19-20(2)10-11)8-12-4-3-5-14(16)15(12)17/h3-5,9-10,13,18H,6-8H2,1-2H3. The lowest BCUT2D eigenvalue weighted by molar-refractivity contribution is 0.473. The number of halogens is 2. The number of nitrogens with one attached hydrogen (secondary N) is 1. The Bertz CT molecular complexity index is 566. The van der Waals surface area contributed by atoms with Gasteiger partial charge in [0.15, 0.2) is 11.6 Å². The van der Waals surface area contributed by atoms with E-state index in [1.54, 1.807) is 16.8 Å². The summed E-state index contributed by atoms with van der Waals surface area (Å²) in [7, 11) is 3.71. The molecule has 1 aromatic heterocycles. The minimum Gasteiger partial charge on any atom is -0.317 e. The lowest BCUT2D eigenvalue weighted by Gasteiger charge is -2.16. The molecule has 0 aliphatic carbocycles. The van der Waals surface area contributed by atoms with E-state index in [-0.39, 0.29) is 6.04 Å². The molecule has 1 atom stereocenters. The van der Waals surface area contributed by atoms with Gasteiger partial charge >= 0.3 is 0 Å². The van der Waals surface area contributed by atoms with Crippen molar-refractivity contribution in [1.82, 2.24) is 15.1 Å². The largest absolute Gasteiger partial charge is 0.317 e. The van der Waals surface area contributed by atoms with Crippen LogP contribution in [0.4, 0.5) is 8.78 Å². The maximum Gasteiger partial charge on any atom is 0.162 e. The van der Waals surface area contributed by atoms with Gasteiger partial charge in [-0.25, -0.2) is 8.78 Å². The van der Waals surface area contributed by atoms with Crippen LogP contribution in [0.2, 0.25) is 0 Å². The second-order valence-electron chi connectivity index (χ2n) is 4.96. The van der Waals surface area contributed by atoms with Crippen molar-refractivity contribution in [2.45, 2.75) is 25.3 Å². The van der Waals surface area contributed by atoms with Crippen LogP contribution in [0.3, 0.4) is 0 Å².